The van der Waals surface area contributed by atoms with Gasteiger partial charge in [-0.1, -0.05) is 28.1 Å². The van der Waals surface area contributed by atoms with Gasteiger partial charge in [0.25, 0.3) is 5.91 Å². The summed E-state index contributed by atoms with van der Waals surface area (Å²) in [6, 6.07) is 15.3. The zero-order chi connectivity index (χ0) is 14.5. The molecule has 20 heavy (non-hydrogen) atoms. The van der Waals surface area contributed by atoms with E-state index in [1.807, 2.05) is 48.5 Å². The Hall–Kier alpha value is -1.65. The second-order valence-corrected chi connectivity index (χ2v) is 5.96. The molecule has 0 saturated heterocycles. The Balaban J connectivity index is 2.03. The lowest BCUT2D eigenvalue weighted by Crippen LogP contribution is -3.04. The first-order valence-corrected chi connectivity index (χ1v) is 7.29. The first-order chi connectivity index (χ1) is 9.54. The Morgan fingerprint density at radius 2 is 1.65 bits per heavy atom. The highest BCUT2D eigenvalue weighted by molar-refractivity contribution is 9.10. The second kappa shape index (κ2) is 6.68. The molecule has 0 aliphatic rings. The van der Waals surface area contributed by atoms with Crippen molar-refractivity contribution in [3.63, 3.8) is 0 Å². The molecule has 2 aromatic rings. The van der Waals surface area contributed by atoms with Crippen LogP contribution in [0, 0.1) is 0 Å². The van der Waals surface area contributed by atoms with Crippen LogP contribution in [0.1, 0.15) is 15.9 Å². The van der Waals surface area contributed by atoms with Gasteiger partial charge in [-0.3, -0.25) is 4.79 Å². The van der Waals surface area contributed by atoms with Crippen molar-refractivity contribution in [1.29, 1.82) is 0 Å². The molecule has 0 aliphatic carbocycles. The molecular formula is C16H18BrN2O+. The number of carbonyl (C=O) groups is 1. The van der Waals surface area contributed by atoms with Crippen LogP contribution in [-0.4, -0.2) is 20.0 Å². The molecule has 2 aromatic carbocycles. The van der Waals surface area contributed by atoms with Gasteiger partial charge in [0.1, 0.15) is 6.54 Å². The molecule has 1 amide bonds. The first-order valence-electron chi connectivity index (χ1n) is 6.49. The quantitative estimate of drug-likeness (QED) is 0.884. The monoisotopic (exact) mass is 333 g/mol. The van der Waals surface area contributed by atoms with E-state index in [2.05, 4.69) is 35.3 Å². The highest BCUT2D eigenvalue weighted by Crippen LogP contribution is 2.15. The predicted octanol–water partition coefficient (Wildman–Crippen LogP) is 2.35. The van der Waals surface area contributed by atoms with Crippen LogP contribution in [0.2, 0.25) is 0 Å². The van der Waals surface area contributed by atoms with Crippen molar-refractivity contribution < 1.29 is 9.69 Å². The zero-order valence-corrected chi connectivity index (χ0v) is 13.2. The van der Waals surface area contributed by atoms with Gasteiger partial charge in [0.05, 0.1) is 14.1 Å². The Kier molecular flexibility index (Phi) is 4.93. The van der Waals surface area contributed by atoms with Crippen molar-refractivity contribution in [2.75, 3.05) is 19.4 Å². The number of hydrogen-bond acceptors (Lipinski definition) is 1. The Morgan fingerprint density at radius 3 is 2.20 bits per heavy atom. The fraction of sp³-hybridized carbons (Fsp3) is 0.188. The van der Waals surface area contributed by atoms with Gasteiger partial charge in [0, 0.05) is 21.3 Å². The maximum Gasteiger partial charge on any atom is 0.255 e. The lowest BCUT2D eigenvalue weighted by Gasteiger charge is -2.08. The van der Waals surface area contributed by atoms with E-state index < -0.39 is 0 Å². The van der Waals surface area contributed by atoms with Crippen LogP contribution in [0.3, 0.4) is 0 Å². The molecule has 0 saturated carbocycles. The van der Waals surface area contributed by atoms with Crippen LogP contribution >= 0.6 is 15.9 Å². The highest BCUT2D eigenvalue weighted by atomic mass is 79.9. The summed E-state index contributed by atoms with van der Waals surface area (Å²) >= 11 is 3.37. The zero-order valence-electron chi connectivity index (χ0n) is 11.6. The molecule has 0 spiro atoms. The highest BCUT2D eigenvalue weighted by Gasteiger charge is 2.06. The van der Waals surface area contributed by atoms with Crippen molar-refractivity contribution in [2.45, 2.75) is 6.54 Å². The summed E-state index contributed by atoms with van der Waals surface area (Å²) in [7, 11) is 4.21. The molecule has 4 heteroatoms. The number of nitrogens with one attached hydrogen (secondary N) is 2. The second-order valence-electron chi connectivity index (χ2n) is 5.04. The maximum atomic E-state index is 12.1. The van der Waals surface area contributed by atoms with E-state index in [-0.39, 0.29) is 5.91 Å². The molecule has 2 N–H and O–H groups in total. The minimum Gasteiger partial charge on any atom is -0.336 e. The van der Waals surface area contributed by atoms with Gasteiger partial charge < -0.3 is 10.2 Å². The Bertz CT molecular complexity index is 576. The number of hydrogen-bond donors (Lipinski definition) is 2. The van der Waals surface area contributed by atoms with Crippen LogP contribution in [0.15, 0.2) is 53.0 Å². The van der Waals surface area contributed by atoms with Crippen molar-refractivity contribution in [3.05, 3.63) is 64.1 Å². The van der Waals surface area contributed by atoms with Gasteiger partial charge in [0.15, 0.2) is 0 Å². The summed E-state index contributed by atoms with van der Waals surface area (Å²) in [6.07, 6.45) is 0. The largest absolute Gasteiger partial charge is 0.336 e. The molecule has 0 unspecified atom stereocenters. The van der Waals surface area contributed by atoms with Crippen LogP contribution in [0.4, 0.5) is 5.69 Å². The fourth-order valence-electron chi connectivity index (χ4n) is 1.92. The van der Waals surface area contributed by atoms with Gasteiger partial charge in [-0.2, -0.15) is 0 Å². The third-order valence-electron chi connectivity index (χ3n) is 2.88. The molecule has 0 fully saturated rings. The molecule has 0 atom stereocenters. The van der Waals surface area contributed by atoms with Crippen molar-refractivity contribution in [1.82, 2.24) is 0 Å². The van der Waals surface area contributed by atoms with E-state index in [1.165, 1.54) is 10.5 Å². The summed E-state index contributed by atoms with van der Waals surface area (Å²) in [6.45, 7) is 0.953. The number of quaternary nitrogens is 1. The molecule has 2 rings (SSSR count). The third-order valence-corrected chi connectivity index (χ3v) is 3.40. The number of halogens is 1. The fourth-order valence-corrected chi connectivity index (χ4v) is 2.18. The van der Waals surface area contributed by atoms with Crippen LogP contribution in [0.5, 0.6) is 0 Å². The van der Waals surface area contributed by atoms with E-state index >= 15 is 0 Å². The first kappa shape index (κ1) is 14.8. The van der Waals surface area contributed by atoms with Gasteiger partial charge in [-0.05, 0) is 36.4 Å². The van der Waals surface area contributed by atoms with E-state index in [1.54, 1.807) is 0 Å². The van der Waals surface area contributed by atoms with Gasteiger partial charge in [-0.15, -0.1) is 0 Å². The van der Waals surface area contributed by atoms with Gasteiger partial charge in [-0.25, -0.2) is 0 Å². The topological polar surface area (TPSA) is 33.5 Å². The molecular weight excluding hydrogens is 316 g/mol. The van der Waals surface area contributed by atoms with Crippen molar-refractivity contribution in [3.8, 4) is 0 Å². The number of amides is 1. The SMILES string of the molecule is C[NH+](C)Cc1ccc(C(=O)Nc2ccc(Br)cc2)cc1. The average Bonchev–Trinajstić information content (AvgIpc) is 2.41. The molecule has 0 aromatic heterocycles. The van der Waals surface area contributed by atoms with Crippen molar-refractivity contribution >= 4 is 27.5 Å². The van der Waals surface area contributed by atoms with E-state index in [0.29, 0.717) is 5.56 Å². The number of benzene rings is 2. The molecule has 0 aliphatic heterocycles. The van der Waals surface area contributed by atoms with E-state index in [0.717, 1.165) is 16.7 Å². The lowest BCUT2D eigenvalue weighted by molar-refractivity contribution is -0.872. The van der Waals surface area contributed by atoms with Gasteiger partial charge >= 0.3 is 0 Å². The Morgan fingerprint density at radius 1 is 1.05 bits per heavy atom. The van der Waals surface area contributed by atoms with E-state index in [9.17, 15) is 4.79 Å². The molecule has 0 radical (unpaired) electrons. The number of carbonyl (C=O) groups excluding carboxylic acids is 1. The van der Waals surface area contributed by atoms with Crippen LogP contribution < -0.4 is 10.2 Å². The summed E-state index contributed by atoms with van der Waals surface area (Å²) in [5, 5.41) is 2.88. The third kappa shape index (κ3) is 4.18. The van der Waals surface area contributed by atoms with Crippen LogP contribution in [-0.2, 0) is 6.54 Å². The standard InChI is InChI=1S/C16H17BrN2O/c1-19(2)11-12-3-5-13(6-4-12)16(20)18-15-9-7-14(17)8-10-15/h3-10H,11H2,1-2H3,(H,18,20)/p+1. The number of rotatable bonds is 4. The minimum atomic E-state index is -0.0870. The smallest absolute Gasteiger partial charge is 0.255 e. The predicted molar refractivity (Wildman–Crippen MR) is 85.1 cm³/mol. The van der Waals surface area contributed by atoms with Gasteiger partial charge in [0.2, 0.25) is 0 Å². The molecule has 0 bridgehead atoms. The maximum absolute atomic E-state index is 12.1. The molecule has 0 heterocycles. The average molecular weight is 334 g/mol. The summed E-state index contributed by atoms with van der Waals surface area (Å²) < 4.78 is 0.992. The summed E-state index contributed by atoms with van der Waals surface area (Å²) in [5.41, 5.74) is 2.69. The van der Waals surface area contributed by atoms with Crippen LogP contribution in [0.25, 0.3) is 0 Å². The number of anilines is 1. The molecule has 104 valence electrons. The summed E-state index contributed by atoms with van der Waals surface area (Å²) in [5.74, 6) is -0.0870. The minimum absolute atomic E-state index is 0.0870. The molecule has 3 nitrogen and oxygen atoms in total. The van der Waals surface area contributed by atoms with Crippen molar-refractivity contribution in [2.24, 2.45) is 0 Å². The van der Waals surface area contributed by atoms with E-state index in [4.69, 9.17) is 0 Å². The Labute approximate surface area is 127 Å². The normalized spacial score (nSPS) is 10.6. The lowest BCUT2D eigenvalue weighted by atomic mass is 10.1. The summed E-state index contributed by atoms with van der Waals surface area (Å²) in [4.78, 5) is 13.5.